The predicted molar refractivity (Wildman–Crippen MR) is 123 cm³/mol. The van der Waals surface area contributed by atoms with Crippen LogP contribution in [-0.4, -0.2) is 41.6 Å². The number of nitrogens with zero attached hydrogens (tertiary/aromatic N) is 3. The molecule has 0 aromatic heterocycles. The summed E-state index contributed by atoms with van der Waals surface area (Å²) in [5.41, 5.74) is 6.47. The molecule has 3 rings (SSSR count). The quantitative estimate of drug-likeness (QED) is 0.363. The van der Waals surface area contributed by atoms with Crippen LogP contribution in [0.2, 0.25) is 0 Å². The van der Waals surface area contributed by atoms with Gasteiger partial charge in [-0.25, -0.2) is 13.8 Å². The number of carbonyl (C=O) groups excluding carboxylic acids is 1. The molecule has 1 aliphatic rings. The third-order valence-electron chi connectivity index (χ3n) is 5.13. The predicted octanol–water partition coefficient (Wildman–Crippen LogP) is 4.25. The normalized spacial score (nSPS) is 19.7. The monoisotopic (exact) mass is 460 g/mol. The molecule has 170 valence electrons. The summed E-state index contributed by atoms with van der Waals surface area (Å²) in [6, 6.07) is 12.6. The molecule has 1 heterocycles. The summed E-state index contributed by atoms with van der Waals surface area (Å²) in [5, 5.41) is 6.06. The van der Waals surface area contributed by atoms with Gasteiger partial charge in [0.1, 0.15) is 27.7 Å². The average molecular weight is 461 g/mol. The zero-order valence-electron chi connectivity index (χ0n) is 18.2. The Balaban J connectivity index is 2.10. The van der Waals surface area contributed by atoms with Gasteiger partial charge in [0.25, 0.3) is 5.91 Å². The number of aliphatic imine (C=N–C) groups is 1. The summed E-state index contributed by atoms with van der Waals surface area (Å²) in [5.74, 6) is -1.11. The highest BCUT2D eigenvalue weighted by molar-refractivity contribution is 8.15. The van der Waals surface area contributed by atoms with Gasteiger partial charge in [-0.1, -0.05) is 42.1 Å². The lowest BCUT2D eigenvalue weighted by molar-refractivity contribution is -0.144. The van der Waals surface area contributed by atoms with Gasteiger partial charge in [-0.05, 0) is 50.5 Å². The van der Waals surface area contributed by atoms with Crippen molar-refractivity contribution in [1.29, 1.82) is 0 Å². The first-order chi connectivity index (χ1) is 15.3. The Labute approximate surface area is 190 Å². The summed E-state index contributed by atoms with van der Waals surface area (Å²) in [7, 11) is 1.44. The van der Waals surface area contributed by atoms with E-state index in [-0.39, 0.29) is 16.5 Å². The smallest absolute Gasteiger partial charge is 0.273 e. The molecule has 0 saturated heterocycles. The molecular formula is C23H26F2N4O2S. The van der Waals surface area contributed by atoms with Gasteiger partial charge in [-0.2, -0.15) is 5.10 Å². The molecule has 0 spiro atoms. The lowest BCUT2D eigenvalue weighted by atomic mass is 9.99. The van der Waals surface area contributed by atoms with Crippen LogP contribution >= 0.6 is 11.8 Å². The minimum atomic E-state index is -0.975. The Morgan fingerprint density at radius 3 is 2.66 bits per heavy atom. The molecule has 2 atom stereocenters. The van der Waals surface area contributed by atoms with Gasteiger partial charge < -0.3 is 10.5 Å². The fourth-order valence-electron chi connectivity index (χ4n) is 3.42. The Kier molecular flexibility index (Phi) is 7.63. The molecule has 32 heavy (non-hydrogen) atoms. The number of carbonyl (C=O) groups is 1. The minimum Gasteiger partial charge on any atom is -0.388 e. The van der Waals surface area contributed by atoms with E-state index >= 15 is 0 Å². The van der Waals surface area contributed by atoms with E-state index in [0.717, 1.165) is 23.8 Å². The Morgan fingerprint density at radius 2 is 2.00 bits per heavy atom. The molecule has 1 aliphatic heterocycles. The minimum absolute atomic E-state index is 0.00602. The van der Waals surface area contributed by atoms with Gasteiger partial charge >= 0.3 is 0 Å². The lowest BCUT2D eigenvalue weighted by Gasteiger charge is -2.36. The second-order valence-corrected chi connectivity index (χ2v) is 8.70. The van der Waals surface area contributed by atoms with Crippen LogP contribution in [0.3, 0.4) is 0 Å². The van der Waals surface area contributed by atoms with Crippen molar-refractivity contribution in [3.63, 3.8) is 0 Å². The Bertz CT molecular complexity index is 1030. The molecule has 0 saturated carbocycles. The molecule has 0 radical (unpaired) electrons. The van der Waals surface area contributed by atoms with Crippen LogP contribution in [-0.2, 0) is 14.4 Å². The zero-order valence-corrected chi connectivity index (χ0v) is 19.0. The van der Waals surface area contributed by atoms with Crippen LogP contribution in [0.25, 0.3) is 0 Å². The van der Waals surface area contributed by atoms with E-state index in [1.54, 1.807) is 13.8 Å². The van der Waals surface area contributed by atoms with Crippen LogP contribution in [0.4, 0.5) is 8.78 Å². The van der Waals surface area contributed by atoms with E-state index < -0.39 is 22.6 Å². The van der Waals surface area contributed by atoms with Crippen molar-refractivity contribution in [2.24, 2.45) is 15.8 Å². The SMILES string of the molecule is CO[C@@H](C)C(=O)N1N=C(c2cc(F)ccc2F)S[C@@]1(CCCN=C(C)N)c1ccccc1. The second-order valence-electron chi connectivity index (χ2n) is 7.44. The summed E-state index contributed by atoms with van der Waals surface area (Å²) in [6.07, 6.45) is 0.282. The fraction of sp³-hybridized carbons (Fsp3) is 0.348. The van der Waals surface area contributed by atoms with Crippen molar-refractivity contribution in [3.05, 3.63) is 71.3 Å². The first-order valence-corrected chi connectivity index (χ1v) is 11.0. The molecule has 0 bridgehead atoms. The number of hydrazone groups is 1. The maximum Gasteiger partial charge on any atom is 0.273 e. The van der Waals surface area contributed by atoms with E-state index in [2.05, 4.69) is 10.1 Å². The van der Waals surface area contributed by atoms with Crippen molar-refractivity contribution in [1.82, 2.24) is 5.01 Å². The van der Waals surface area contributed by atoms with Gasteiger partial charge in [-0.15, -0.1) is 0 Å². The van der Waals surface area contributed by atoms with E-state index in [9.17, 15) is 13.6 Å². The van der Waals surface area contributed by atoms with Crippen molar-refractivity contribution in [2.45, 2.75) is 37.7 Å². The fourth-order valence-corrected chi connectivity index (χ4v) is 4.85. The highest BCUT2D eigenvalue weighted by atomic mass is 32.2. The largest absolute Gasteiger partial charge is 0.388 e. The molecule has 0 aliphatic carbocycles. The average Bonchev–Trinajstić information content (AvgIpc) is 3.18. The molecule has 6 nitrogen and oxygen atoms in total. The van der Waals surface area contributed by atoms with Gasteiger partial charge in [0.15, 0.2) is 0 Å². The number of methoxy groups -OCH3 is 1. The number of amides is 1. The molecule has 2 aromatic carbocycles. The highest BCUT2D eigenvalue weighted by Gasteiger charge is 2.49. The Morgan fingerprint density at radius 1 is 1.28 bits per heavy atom. The first-order valence-electron chi connectivity index (χ1n) is 10.2. The molecule has 1 amide bonds. The van der Waals surface area contributed by atoms with Crippen LogP contribution < -0.4 is 5.73 Å². The van der Waals surface area contributed by atoms with Crippen molar-refractivity contribution in [2.75, 3.05) is 13.7 Å². The molecule has 9 heteroatoms. The summed E-state index contributed by atoms with van der Waals surface area (Å²) in [6.45, 7) is 3.80. The number of rotatable bonds is 8. The third-order valence-corrected chi connectivity index (χ3v) is 6.57. The number of hydrogen-bond donors (Lipinski definition) is 1. The van der Waals surface area contributed by atoms with Crippen molar-refractivity contribution >= 4 is 28.5 Å². The molecule has 2 N–H and O–H groups in total. The number of nitrogens with two attached hydrogens (primary N) is 1. The van der Waals surface area contributed by atoms with Gasteiger partial charge in [0, 0.05) is 19.2 Å². The molecular weight excluding hydrogens is 434 g/mol. The van der Waals surface area contributed by atoms with E-state index in [0.29, 0.717) is 25.2 Å². The summed E-state index contributed by atoms with van der Waals surface area (Å²) >= 11 is 1.22. The standard InChI is InChI=1S/C23H26F2N4O2S/c1-15(31-3)22(30)29-23(12-7-13-27-16(2)26,17-8-5-4-6-9-17)32-21(28-29)19-14-18(24)10-11-20(19)25/h4-6,8-11,14-15H,7,12-13H2,1-3H3,(H2,26,27)/t15-,23-/m0/s1. The van der Waals surface area contributed by atoms with E-state index in [4.69, 9.17) is 10.5 Å². The van der Waals surface area contributed by atoms with Gasteiger partial charge in [0.2, 0.25) is 0 Å². The topological polar surface area (TPSA) is 80.3 Å². The van der Waals surface area contributed by atoms with E-state index in [1.807, 2.05) is 30.3 Å². The number of amidine groups is 1. The molecule has 0 unspecified atom stereocenters. The molecule has 2 aromatic rings. The maximum absolute atomic E-state index is 14.6. The van der Waals surface area contributed by atoms with Gasteiger partial charge in [0.05, 0.1) is 5.84 Å². The number of ether oxygens (including phenoxy) is 1. The zero-order chi connectivity index (χ0) is 23.3. The number of benzene rings is 2. The first kappa shape index (κ1) is 23.9. The van der Waals surface area contributed by atoms with Crippen molar-refractivity contribution in [3.8, 4) is 0 Å². The van der Waals surface area contributed by atoms with Crippen LogP contribution in [0, 0.1) is 11.6 Å². The highest BCUT2D eigenvalue weighted by Crippen LogP contribution is 2.50. The number of halogens is 2. The van der Waals surface area contributed by atoms with Crippen LogP contribution in [0.5, 0.6) is 0 Å². The summed E-state index contributed by atoms with van der Waals surface area (Å²) in [4.78, 5) is 16.6. The number of hydrogen-bond acceptors (Lipinski definition) is 5. The Hall–Kier alpha value is -2.78. The van der Waals surface area contributed by atoms with E-state index in [1.165, 1.54) is 23.9 Å². The van der Waals surface area contributed by atoms with Gasteiger partial charge in [-0.3, -0.25) is 9.79 Å². The second kappa shape index (κ2) is 10.2. The summed E-state index contributed by atoms with van der Waals surface area (Å²) < 4.78 is 33.8. The molecule has 0 fully saturated rings. The van der Waals surface area contributed by atoms with Crippen molar-refractivity contribution < 1.29 is 18.3 Å². The van der Waals surface area contributed by atoms with Crippen LogP contribution in [0.1, 0.15) is 37.8 Å². The third kappa shape index (κ3) is 4.99. The number of thioether (sulfide) groups is 1. The maximum atomic E-state index is 14.6. The van der Waals surface area contributed by atoms with Crippen LogP contribution in [0.15, 0.2) is 58.6 Å². The lowest BCUT2D eigenvalue weighted by Crippen LogP contribution is -2.45.